The highest BCUT2D eigenvalue weighted by Gasteiger charge is 2.25. The van der Waals surface area contributed by atoms with Crippen LogP contribution in [0.15, 0.2) is 41.3 Å². The molecule has 2 aliphatic heterocycles. The predicted octanol–water partition coefficient (Wildman–Crippen LogP) is 4.26. The Morgan fingerprint density at radius 1 is 0.882 bits per heavy atom. The minimum absolute atomic E-state index is 0. The Morgan fingerprint density at radius 2 is 1.32 bits per heavy atom. The Balaban J connectivity index is 0.00000204. The van der Waals surface area contributed by atoms with Crippen molar-refractivity contribution in [2.45, 2.75) is 43.7 Å². The number of halogens is 2. The Kier molecular flexibility index (Phi) is 10.3. The molecule has 2 saturated heterocycles. The molecule has 0 unspecified atom stereocenters. The summed E-state index contributed by atoms with van der Waals surface area (Å²) < 4.78 is 33.1. The topological polar surface area (TPSA) is 73.3 Å². The van der Waals surface area contributed by atoms with Gasteiger partial charge in [-0.25, -0.2) is 8.42 Å². The molecule has 0 aliphatic carbocycles. The van der Waals surface area contributed by atoms with Crippen molar-refractivity contribution in [2.24, 2.45) is 0 Å². The third-order valence-corrected chi connectivity index (χ3v) is 8.32. The fourth-order valence-electron chi connectivity index (χ4n) is 4.57. The summed E-state index contributed by atoms with van der Waals surface area (Å²) in [6.07, 6.45) is 4.64. The molecular weight excluding hydrogens is 497 g/mol. The van der Waals surface area contributed by atoms with Crippen LogP contribution >= 0.6 is 24.8 Å². The van der Waals surface area contributed by atoms with Gasteiger partial charge < -0.3 is 9.84 Å². The maximum absolute atomic E-state index is 13.3. The summed E-state index contributed by atoms with van der Waals surface area (Å²) in [5, 5.41) is 11.1. The zero-order valence-electron chi connectivity index (χ0n) is 19.8. The van der Waals surface area contributed by atoms with Crippen molar-refractivity contribution in [1.29, 1.82) is 0 Å². The molecule has 0 spiro atoms. The van der Waals surface area contributed by atoms with Crippen molar-refractivity contribution in [3.05, 3.63) is 47.5 Å². The highest BCUT2D eigenvalue weighted by Crippen LogP contribution is 2.34. The highest BCUT2D eigenvalue weighted by molar-refractivity contribution is 7.92. The molecule has 34 heavy (non-hydrogen) atoms. The van der Waals surface area contributed by atoms with Crippen LogP contribution in [0, 0.1) is 0 Å². The summed E-state index contributed by atoms with van der Waals surface area (Å²) in [5.74, 6) is 0.903. The van der Waals surface area contributed by atoms with Gasteiger partial charge in [0.1, 0.15) is 11.5 Å². The second-order valence-corrected chi connectivity index (χ2v) is 10.7. The van der Waals surface area contributed by atoms with Crippen molar-refractivity contribution < 1.29 is 18.3 Å². The van der Waals surface area contributed by atoms with E-state index in [4.69, 9.17) is 4.74 Å². The number of hydrogen-bond acceptors (Lipinski definition) is 6. The van der Waals surface area contributed by atoms with Crippen molar-refractivity contribution in [2.75, 3.05) is 44.6 Å². The molecule has 1 N–H and O–H groups in total. The molecule has 0 radical (unpaired) electrons. The second kappa shape index (κ2) is 12.3. The number of anilines is 1. The van der Waals surface area contributed by atoms with Crippen molar-refractivity contribution in [3.8, 4) is 11.5 Å². The first-order valence-electron chi connectivity index (χ1n) is 11.3. The number of phenolic OH excluding ortho intramolecular Hbond substituents is 1. The van der Waals surface area contributed by atoms with E-state index in [0.717, 1.165) is 63.0 Å². The van der Waals surface area contributed by atoms with E-state index in [1.54, 1.807) is 38.4 Å². The van der Waals surface area contributed by atoms with Crippen LogP contribution in [0.25, 0.3) is 0 Å². The molecule has 0 bridgehead atoms. The number of methoxy groups -OCH3 is 1. The maximum atomic E-state index is 13.3. The molecule has 2 aliphatic rings. The standard InChI is InChI=1S/C24H33N3O4S.2ClH/c1-25(32(29,30)23-9-7-22(31-2)8-10-23)21-15-19(17-26-11-3-4-12-26)24(28)20(16-21)18-27-13-5-6-14-27;;/h7-10,15-16,28H,3-6,11-14,17-18H2,1-2H3;2*1H. The van der Waals surface area contributed by atoms with Gasteiger partial charge in [0.2, 0.25) is 0 Å². The number of ether oxygens (including phenoxy) is 1. The van der Waals surface area contributed by atoms with Crippen LogP contribution in [0.2, 0.25) is 0 Å². The predicted molar refractivity (Wildman–Crippen MR) is 140 cm³/mol. The van der Waals surface area contributed by atoms with Crippen LogP contribution in [0.3, 0.4) is 0 Å². The molecule has 0 amide bonds. The second-order valence-electron chi connectivity index (χ2n) is 8.73. The third-order valence-electron chi connectivity index (χ3n) is 6.52. The highest BCUT2D eigenvalue weighted by atomic mass is 35.5. The molecule has 2 aromatic carbocycles. The Bertz CT molecular complexity index is 1000. The van der Waals surface area contributed by atoms with Gasteiger partial charge in [-0.1, -0.05) is 0 Å². The zero-order valence-corrected chi connectivity index (χ0v) is 22.2. The largest absolute Gasteiger partial charge is 0.507 e. The minimum Gasteiger partial charge on any atom is -0.507 e. The van der Waals surface area contributed by atoms with Gasteiger partial charge in [0.25, 0.3) is 10.0 Å². The van der Waals surface area contributed by atoms with Gasteiger partial charge >= 0.3 is 0 Å². The van der Waals surface area contributed by atoms with Crippen molar-refractivity contribution in [1.82, 2.24) is 9.80 Å². The third kappa shape index (κ3) is 6.29. The van der Waals surface area contributed by atoms with Gasteiger partial charge in [-0.15, -0.1) is 24.8 Å². The Morgan fingerprint density at radius 3 is 1.74 bits per heavy atom. The molecule has 4 rings (SSSR count). The van der Waals surface area contributed by atoms with Gasteiger partial charge in [0.05, 0.1) is 17.7 Å². The lowest BCUT2D eigenvalue weighted by Crippen LogP contribution is -2.27. The smallest absolute Gasteiger partial charge is 0.264 e. The van der Waals surface area contributed by atoms with E-state index >= 15 is 0 Å². The summed E-state index contributed by atoms with van der Waals surface area (Å²) in [6.45, 7) is 5.28. The van der Waals surface area contributed by atoms with Gasteiger partial charge in [-0.3, -0.25) is 14.1 Å². The lowest BCUT2D eigenvalue weighted by atomic mass is 10.1. The van der Waals surface area contributed by atoms with Crippen molar-refractivity contribution in [3.63, 3.8) is 0 Å². The van der Waals surface area contributed by atoms with Crippen LogP contribution in [0.4, 0.5) is 5.69 Å². The van der Waals surface area contributed by atoms with Crippen LogP contribution in [-0.2, 0) is 23.1 Å². The number of benzene rings is 2. The summed E-state index contributed by atoms with van der Waals surface area (Å²) in [7, 11) is -0.623. The van der Waals surface area contributed by atoms with Crippen LogP contribution in [0.1, 0.15) is 36.8 Å². The summed E-state index contributed by atoms with van der Waals surface area (Å²) in [5.41, 5.74) is 2.15. The summed E-state index contributed by atoms with van der Waals surface area (Å²) >= 11 is 0. The molecule has 190 valence electrons. The average Bonchev–Trinajstić information content (AvgIpc) is 3.50. The quantitative estimate of drug-likeness (QED) is 0.548. The SMILES string of the molecule is COc1ccc(S(=O)(=O)N(C)c2cc(CN3CCCC3)c(O)c(CN3CCCC3)c2)cc1.Cl.Cl. The Hall–Kier alpha value is -1.71. The number of aromatic hydroxyl groups is 1. The normalized spacial score (nSPS) is 16.6. The number of nitrogens with zero attached hydrogens (tertiary/aromatic N) is 3. The van der Waals surface area contributed by atoms with E-state index in [0.29, 0.717) is 30.3 Å². The zero-order chi connectivity index (χ0) is 22.7. The average molecular weight is 533 g/mol. The number of likely N-dealkylation sites (tertiary alicyclic amines) is 2. The molecule has 10 heteroatoms. The van der Waals surface area contributed by atoms with Crippen LogP contribution in [0.5, 0.6) is 11.5 Å². The summed E-state index contributed by atoms with van der Waals surface area (Å²) in [6, 6.07) is 10.1. The van der Waals surface area contributed by atoms with Gasteiger partial charge in [-0.05, 0) is 88.3 Å². The van der Waals surface area contributed by atoms with E-state index in [1.165, 1.54) is 4.31 Å². The van der Waals surface area contributed by atoms with E-state index in [2.05, 4.69) is 9.80 Å². The van der Waals surface area contributed by atoms with Gasteiger partial charge in [-0.2, -0.15) is 0 Å². The maximum Gasteiger partial charge on any atom is 0.264 e. The number of rotatable bonds is 8. The lowest BCUT2D eigenvalue weighted by Gasteiger charge is -2.25. The van der Waals surface area contributed by atoms with Crippen LogP contribution in [-0.4, -0.2) is 63.7 Å². The number of phenols is 1. The monoisotopic (exact) mass is 531 g/mol. The first-order chi connectivity index (χ1) is 15.4. The summed E-state index contributed by atoms with van der Waals surface area (Å²) in [4.78, 5) is 4.84. The van der Waals surface area contributed by atoms with E-state index in [9.17, 15) is 13.5 Å². The molecule has 0 aromatic heterocycles. The van der Waals surface area contributed by atoms with Crippen LogP contribution < -0.4 is 9.04 Å². The molecular formula is C24H35Cl2N3O4S. The Labute approximate surface area is 215 Å². The van der Waals surface area contributed by atoms with E-state index in [-0.39, 0.29) is 29.7 Å². The molecule has 0 atom stereocenters. The van der Waals surface area contributed by atoms with Gasteiger partial charge in [0.15, 0.2) is 0 Å². The molecule has 2 aromatic rings. The molecule has 2 heterocycles. The van der Waals surface area contributed by atoms with E-state index in [1.807, 2.05) is 12.1 Å². The minimum atomic E-state index is -3.75. The molecule has 7 nitrogen and oxygen atoms in total. The number of hydrogen-bond donors (Lipinski definition) is 1. The lowest BCUT2D eigenvalue weighted by molar-refractivity contribution is 0.312. The fraction of sp³-hybridized carbons (Fsp3) is 0.500. The first-order valence-corrected chi connectivity index (χ1v) is 12.7. The first kappa shape index (κ1) is 28.5. The van der Waals surface area contributed by atoms with Gasteiger partial charge in [0, 0.05) is 31.3 Å². The molecule has 2 fully saturated rings. The van der Waals surface area contributed by atoms with E-state index < -0.39 is 10.0 Å². The molecule has 0 saturated carbocycles. The number of sulfonamides is 1. The fourth-order valence-corrected chi connectivity index (χ4v) is 5.75. The van der Waals surface area contributed by atoms with Crippen molar-refractivity contribution >= 4 is 40.5 Å².